The number of benzene rings is 2. The summed E-state index contributed by atoms with van der Waals surface area (Å²) in [5, 5.41) is 0. The van der Waals surface area contributed by atoms with Gasteiger partial charge in [0.2, 0.25) is 0 Å². The van der Waals surface area contributed by atoms with E-state index in [-0.39, 0.29) is 5.91 Å². The summed E-state index contributed by atoms with van der Waals surface area (Å²) in [5.74, 6) is 0.732. The Bertz CT molecular complexity index is 615. The molecule has 0 aliphatic carbocycles. The number of carbonyl (C=O) groups excluding carboxylic acids is 1. The fraction of sp³-hybridized carbons (Fsp3) is 0.235. The van der Waals surface area contributed by atoms with Crippen molar-refractivity contribution < 1.29 is 19.1 Å². The van der Waals surface area contributed by atoms with Crippen molar-refractivity contribution in [3.05, 3.63) is 59.2 Å². The molecule has 0 bridgehead atoms. The first kappa shape index (κ1) is 15.9. The van der Waals surface area contributed by atoms with Gasteiger partial charge < -0.3 is 9.47 Å². The molecule has 0 unspecified atom stereocenters. The monoisotopic (exact) mass is 301 g/mol. The van der Waals surface area contributed by atoms with Gasteiger partial charge in [-0.15, -0.1) is 0 Å². The Hall–Kier alpha value is -2.53. The summed E-state index contributed by atoms with van der Waals surface area (Å²) in [6.07, 6.45) is 0. The van der Waals surface area contributed by atoms with Crippen LogP contribution in [0.25, 0.3) is 0 Å². The molecule has 0 spiro atoms. The Labute approximate surface area is 129 Å². The number of carbonyl (C=O) groups is 1. The number of hydrogen-bond donors (Lipinski definition) is 1. The maximum atomic E-state index is 12.1. The van der Waals surface area contributed by atoms with Crippen LogP contribution in [0, 0.1) is 6.92 Å². The standard InChI is InChI=1S/C17H19NO4/c1-12-4-6-13(7-5-12)11-22-18-17(19)14-8-15(20-2)10-16(9-14)21-3/h4-10H,11H2,1-3H3,(H,18,19). The number of nitrogens with one attached hydrogen (secondary N) is 1. The number of rotatable bonds is 6. The minimum atomic E-state index is -0.357. The minimum absolute atomic E-state index is 0.299. The smallest absolute Gasteiger partial charge is 0.275 e. The molecule has 0 aliphatic rings. The Balaban J connectivity index is 1.95. The van der Waals surface area contributed by atoms with Gasteiger partial charge in [-0.05, 0) is 24.6 Å². The summed E-state index contributed by atoms with van der Waals surface area (Å²) in [6.45, 7) is 2.32. The molecule has 22 heavy (non-hydrogen) atoms. The number of hydroxylamine groups is 1. The predicted octanol–water partition coefficient (Wildman–Crippen LogP) is 2.87. The molecule has 0 fully saturated rings. The maximum absolute atomic E-state index is 12.1. The molecule has 0 saturated heterocycles. The van der Waals surface area contributed by atoms with Crippen molar-refractivity contribution in [3.63, 3.8) is 0 Å². The van der Waals surface area contributed by atoms with Crippen LogP contribution in [0.5, 0.6) is 11.5 Å². The van der Waals surface area contributed by atoms with E-state index < -0.39 is 0 Å². The molecule has 0 aliphatic heterocycles. The van der Waals surface area contributed by atoms with Crippen molar-refractivity contribution in [1.82, 2.24) is 5.48 Å². The van der Waals surface area contributed by atoms with Crippen molar-refractivity contribution in [3.8, 4) is 11.5 Å². The lowest BCUT2D eigenvalue weighted by molar-refractivity contribution is 0.0233. The van der Waals surface area contributed by atoms with Crippen molar-refractivity contribution >= 4 is 5.91 Å². The lowest BCUT2D eigenvalue weighted by Gasteiger charge is -2.09. The zero-order valence-electron chi connectivity index (χ0n) is 12.9. The fourth-order valence-corrected chi connectivity index (χ4v) is 1.87. The molecular formula is C17H19NO4. The largest absolute Gasteiger partial charge is 0.497 e. The van der Waals surface area contributed by atoms with Crippen LogP contribution in [0.15, 0.2) is 42.5 Å². The van der Waals surface area contributed by atoms with Gasteiger partial charge in [-0.1, -0.05) is 29.8 Å². The van der Waals surface area contributed by atoms with Crippen LogP contribution in [0.1, 0.15) is 21.5 Å². The van der Waals surface area contributed by atoms with Gasteiger partial charge in [-0.25, -0.2) is 5.48 Å². The maximum Gasteiger partial charge on any atom is 0.275 e. The summed E-state index contributed by atoms with van der Waals surface area (Å²) in [7, 11) is 3.06. The third-order valence-electron chi connectivity index (χ3n) is 3.14. The zero-order chi connectivity index (χ0) is 15.9. The van der Waals surface area contributed by atoms with Gasteiger partial charge in [0.1, 0.15) is 11.5 Å². The molecule has 2 aromatic carbocycles. The van der Waals surface area contributed by atoms with Gasteiger partial charge in [-0.2, -0.15) is 0 Å². The Morgan fingerprint density at radius 2 is 1.59 bits per heavy atom. The lowest BCUT2D eigenvalue weighted by Crippen LogP contribution is -2.23. The van der Waals surface area contributed by atoms with Gasteiger partial charge in [0.15, 0.2) is 0 Å². The quantitative estimate of drug-likeness (QED) is 0.834. The Kier molecular flexibility index (Phi) is 5.38. The van der Waals surface area contributed by atoms with Crippen LogP contribution in [0.3, 0.4) is 0 Å². The van der Waals surface area contributed by atoms with Gasteiger partial charge in [0, 0.05) is 11.6 Å². The molecule has 1 N–H and O–H groups in total. The molecular weight excluding hydrogens is 282 g/mol. The number of methoxy groups -OCH3 is 2. The van der Waals surface area contributed by atoms with Gasteiger partial charge >= 0.3 is 0 Å². The predicted molar refractivity (Wildman–Crippen MR) is 83.0 cm³/mol. The van der Waals surface area contributed by atoms with Crippen LogP contribution in [0.2, 0.25) is 0 Å². The zero-order valence-corrected chi connectivity index (χ0v) is 12.9. The molecule has 2 rings (SSSR count). The number of ether oxygens (including phenoxy) is 2. The molecule has 0 radical (unpaired) electrons. The summed E-state index contributed by atoms with van der Waals surface area (Å²) < 4.78 is 10.3. The summed E-state index contributed by atoms with van der Waals surface area (Å²) in [5.41, 5.74) is 4.98. The first-order valence-electron chi connectivity index (χ1n) is 6.83. The molecule has 0 saturated carbocycles. The molecule has 5 heteroatoms. The third kappa shape index (κ3) is 4.23. The third-order valence-corrected chi connectivity index (χ3v) is 3.14. The van der Waals surface area contributed by atoms with Crippen molar-refractivity contribution in [2.75, 3.05) is 14.2 Å². The molecule has 5 nitrogen and oxygen atoms in total. The van der Waals surface area contributed by atoms with E-state index in [4.69, 9.17) is 14.3 Å². The summed E-state index contributed by atoms with van der Waals surface area (Å²) >= 11 is 0. The lowest BCUT2D eigenvalue weighted by atomic mass is 10.2. The highest BCUT2D eigenvalue weighted by molar-refractivity contribution is 5.94. The Morgan fingerprint density at radius 1 is 1.00 bits per heavy atom. The van der Waals surface area contributed by atoms with Crippen LogP contribution >= 0.6 is 0 Å². The van der Waals surface area contributed by atoms with E-state index in [1.807, 2.05) is 31.2 Å². The number of aryl methyl sites for hydroxylation is 1. The highest BCUT2D eigenvalue weighted by Crippen LogP contribution is 2.22. The van der Waals surface area contributed by atoms with Gasteiger partial charge in [0.25, 0.3) is 5.91 Å². The summed E-state index contributed by atoms with van der Waals surface area (Å²) in [6, 6.07) is 12.8. The number of amides is 1. The first-order chi connectivity index (χ1) is 10.6. The average Bonchev–Trinajstić information content (AvgIpc) is 2.56. The van der Waals surface area contributed by atoms with Crippen molar-refractivity contribution in [1.29, 1.82) is 0 Å². The van der Waals surface area contributed by atoms with Gasteiger partial charge in [-0.3, -0.25) is 9.63 Å². The van der Waals surface area contributed by atoms with Crippen molar-refractivity contribution in [2.45, 2.75) is 13.5 Å². The van der Waals surface area contributed by atoms with E-state index in [2.05, 4.69) is 5.48 Å². The molecule has 116 valence electrons. The van der Waals surface area contributed by atoms with E-state index in [1.165, 1.54) is 19.8 Å². The van der Waals surface area contributed by atoms with E-state index in [0.717, 1.165) is 5.56 Å². The SMILES string of the molecule is COc1cc(OC)cc(C(=O)NOCc2ccc(C)cc2)c1. The molecule has 0 aromatic heterocycles. The topological polar surface area (TPSA) is 56.8 Å². The van der Waals surface area contributed by atoms with E-state index >= 15 is 0 Å². The summed E-state index contributed by atoms with van der Waals surface area (Å²) in [4.78, 5) is 17.3. The van der Waals surface area contributed by atoms with E-state index in [0.29, 0.717) is 23.7 Å². The van der Waals surface area contributed by atoms with Crippen LogP contribution in [-0.2, 0) is 11.4 Å². The molecule has 0 heterocycles. The fourth-order valence-electron chi connectivity index (χ4n) is 1.87. The Morgan fingerprint density at radius 3 is 2.14 bits per heavy atom. The second kappa shape index (κ2) is 7.47. The van der Waals surface area contributed by atoms with Gasteiger partial charge in [0.05, 0.1) is 20.8 Å². The molecule has 0 atom stereocenters. The van der Waals surface area contributed by atoms with Crippen molar-refractivity contribution in [2.24, 2.45) is 0 Å². The first-order valence-corrected chi connectivity index (χ1v) is 6.83. The van der Waals surface area contributed by atoms with Crippen LogP contribution in [-0.4, -0.2) is 20.1 Å². The molecule has 2 aromatic rings. The highest BCUT2D eigenvalue weighted by Gasteiger charge is 2.10. The van der Waals surface area contributed by atoms with E-state index in [1.54, 1.807) is 18.2 Å². The second-order valence-electron chi connectivity index (χ2n) is 4.81. The van der Waals surface area contributed by atoms with Crippen LogP contribution < -0.4 is 15.0 Å². The number of hydrogen-bond acceptors (Lipinski definition) is 4. The average molecular weight is 301 g/mol. The highest BCUT2D eigenvalue weighted by atomic mass is 16.6. The van der Waals surface area contributed by atoms with Crippen LogP contribution in [0.4, 0.5) is 0 Å². The minimum Gasteiger partial charge on any atom is -0.497 e. The second-order valence-corrected chi connectivity index (χ2v) is 4.81. The van der Waals surface area contributed by atoms with E-state index in [9.17, 15) is 4.79 Å². The normalized spacial score (nSPS) is 10.1. The molecule has 1 amide bonds.